The van der Waals surface area contributed by atoms with Crippen molar-refractivity contribution >= 4 is 23.2 Å². The Labute approximate surface area is 98.7 Å². The first-order valence-electron chi connectivity index (χ1n) is 5.10. The van der Waals surface area contributed by atoms with Gasteiger partial charge in [0.1, 0.15) is 5.82 Å². The fourth-order valence-electron chi connectivity index (χ4n) is 1.58. The fourth-order valence-corrected chi connectivity index (χ4v) is 1.83. The van der Waals surface area contributed by atoms with E-state index in [-0.39, 0.29) is 10.8 Å². The average molecular weight is 242 g/mol. The van der Waals surface area contributed by atoms with E-state index in [4.69, 9.17) is 11.6 Å². The number of anilines is 1. The molecule has 0 aliphatic carbocycles. The molecule has 0 fully saturated rings. The molecule has 0 aromatic heterocycles. The summed E-state index contributed by atoms with van der Waals surface area (Å²) in [6.45, 7) is 5.16. The number of nitrogens with zero attached hydrogens (tertiary/aromatic N) is 1. The molecule has 3 nitrogen and oxygen atoms in total. The molecule has 1 aliphatic rings. The van der Waals surface area contributed by atoms with E-state index in [1.165, 1.54) is 0 Å². The van der Waals surface area contributed by atoms with Crippen LogP contribution >= 0.6 is 11.6 Å². The Bertz CT molecular complexity index is 457. The maximum Gasteiger partial charge on any atom is 0.195 e. The SMILES string of the molecule is Cc1c(NC2=NCCN2)cc(Cl)c(F)c1C. The minimum atomic E-state index is -0.356. The summed E-state index contributed by atoms with van der Waals surface area (Å²) >= 11 is 5.80. The third kappa shape index (κ3) is 1.97. The van der Waals surface area contributed by atoms with Crippen molar-refractivity contribution < 1.29 is 4.39 Å². The Morgan fingerprint density at radius 2 is 2.19 bits per heavy atom. The molecule has 1 aromatic carbocycles. The Kier molecular flexibility index (Phi) is 3.01. The number of halogens is 2. The van der Waals surface area contributed by atoms with Gasteiger partial charge in [-0.2, -0.15) is 0 Å². The van der Waals surface area contributed by atoms with Crippen LogP contribution < -0.4 is 10.6 Å². The van der Waals surface area contributed by atoms with Gasteiger partial charge in [-0.1, -0.05) is 11.6 Å². The largest absolute Gasteiger partial charge is 0.354 e. The molecule has 0 atom stereocenters. The molecule has 1 aromatic rings. The molecular weight excluding hydrogens is 229 g/mol. The fraction of sp³-hybridized carbons (Fsp3) is 0.364. The Morgan fingerprint density at radius 3 is 2.81 bits per heavy atom. The van der Waals surface area contributed by atoms with Crippen molar-refractivity contribution in [2.24, 2.45) is 4.99 Å². The zero-order valence-electron chi connectivity index (χ0n) is 9.19. The van der Waals surface area contributed by atoms with E-state index in [1.54, 1.807) is 13.0 Å². The van der Waals surface area contributed by atoms with Crippen molar-refractivity contribution in [1.82, 2.24) is 5.32 Å². The molecular formula is C11H13ClFN3. The van der Waals surface area contributed by atoms with Crippen molar-refractivity contribution in [2.45, 2.75) is 13.8 Å². The van der Waals surface area contributed by atoms with Crippen molar-refractivity contribution in [3.05, 3.63) is 28.0 Å². The second kappa shape index (κ2) is 4.29. The van der Waals surface area contributed by atoms with Gasteiger partial charge in [-0.05, 0) is 31.0 Å². The number of guanidine groups is 1. The minimum absolute atomic E-state index is 0.129. The third-order valence-corrected chi connectivity index (χ3v) is 2.98. The number of aliphatic imine (C=N–C) groups is 1. The molecule has 0 saturated carbocycles. The number of hydrogen-bond acceptors (Lipinski definition) is 3. The van der Waals surface area contributed by atoms with Crippen LogP contribution in [-0.4, -0.2) is 19.0 Å². The van der Waals surface area contributed by atoms with Crippen molar-refractivity contribution in [1.29, 1.82) is 0 Å². The van der Waals surface area contributed by atoms with Gasteiger partial charge in [-0.25, -0.2) is 4.39 Å². The average Bonchev–Trinajstić information content (AvgIpc) is 2.76. The second-order valence-corrected chi connectivity index (χ2v) is 4.16. The van der Waals surface area contributed by atoms with Crippen LogP contribution in [0.1, 0.15) is 11.1 Å². The Morgan fingerprint density at radius 1 is 1.44 bits per heavy atom. The summed E-state index contributed by atoms with van der Waals surface area (Å²) in [6, 6.07) is 1.59. The Hall–Kier alpha value is -1.29. The summed E-state index contributed by atoms with van der Waals surface area (Å²) in [7, 11) is 0. The van der Waals surface area contributed by atoms with Gasteiger partial charge >= 0.3 is 0 Å². The van der Waals surface area contributed by atoms with Crippen molar-refractivity contribution in [3.63, 3.8) is 0 Å². The molecule has 0 radical (unpaired) electrons. The number of rotatable bonds is 1. The molecule has 86 valence electrons. The first-order valence-corrected chi connectivity index (χ1v) is 5.48. The van der Waals surface area contributed by atoms with E-state index in [9.17, 15) is 4.39 Å². The van der Waals surface area contributed by atoms with Gasteiger partial charge in [-0.15, -0.1) is 0 Å². The first kappa shape index (κ1) is 11.2. The topological polar surface area (TPSA) is 36.4 Å². The van der Waals surface area contributed by atoms with Gasteiger partial charge in [0.2, 0.25) is 0 Å². The highest BCUT2D eigenvalue weighted by molar-refractivity contribution is 6.31. The van der Waals surface area contributed by atoms with E-state index in [1.807, 2.05) is 6.92 Å². The molecule has 0 amide bonds. The molecule has 0 saturated heterocycles. The summed E-state index contributed by atoms with van der Waals surface area (Å²) in [4.78, 5) is 4.21. The zero-order valence-corrected chi connectivity index (χ0v) is 9.95. The van der Waals surface area contributed by atoms with Crippen LogP contribution in [0.5, 0.6) is 0 Å². The third-order valence-electron chi connectivity index (χ3n) is 2.70. The van der Waals surface area contributed by atoms with E-state index < -0.39 is 0 Å². The molecule has 0 bridgehead atoms. The van der Waals surface area contributed by atoms with Crippen LogP contribution in [0.25, 0.3) is 0 Å². The highest BCUT2D eigenvalue weighted by Gasteiger charge is 2.13. The molecule has 2 N–H and O–H groups in total. The predicted octanol–water partition coefficient (Wildman–Crippen LogP) is 2.47. The monoisotopic (exact) mass is 241 g/mol. The summed E-state index contributed by atoms with van der Waals surface area (Å²) in [6.07, 6.45) is 0. The molecule has 0 unspecified atom stereocenters. The highest BCUT2D eigenvalue weighted by Crippen LogP contribution is 2.28. The molecule has 16 heavy (non-hydrogen) atoms. The molecule has 1 aliphatic heterocycles. The molecule has 2 rings (SSSR count). The Balaban J connectivity index is 2.34. The van der Waals surface area contributed by atoms with Crippen molar-refractivity contribution in [2.75, 3.05) is 18.4 Å². The van der Waals surface area contributed by atoms with Gasteiger partial charge in [-0.3, -0.25) is 4.99 Å². The molecule has 0 spiro atoms. The van der Waals surface area contributed by atoms with Crippen LogP contribution in [0, 0.1) is 19.7 Å². The summed E-state index contributed by atoms with van der Waals surface area (Å²) in [5, 5.41) is 6.32. The van der Waals surface area contributed by atoms with E-state index in [0.717, 1.165) is 24.3 Å². The minimum Gasteiger partial charge on any atom is -0.354 e. The highest BCUT2D eigenvalue weighted by atomic mass is 35.5. The number of hydrogen-bond donors (Lipinski definition) is 2. The normalized spacial score (nSPS) is 14.6. The van der Waals surface area contributed by atoms with Crippen LogP contribution in [0.2, 0.25) is 5.02 Å². The van der Waals surface area contributed by atoms with Gasteiger partial charge in [0, 0.05) is 12.2 Å². The van der Waals surface area contributed by atoms with Crippen molar-refractivity contribution in [3.8, 4) is 0 Å². The van der Waals surface area contributed by atoms with Crippen LogP contribution in [0.3, 0.4) is 0 Å². The van der Waals surface area contributed by atoms with E-state index in [0.29, 0.717) is 11.5 Å². The summed E-state index contributed by atoms with van der Waals surface area (Å²) in [5.74, 6) is 0.358. The van der Waals surface area contributed by atoms with Crippen LogP contribution in [-0.2, 0) is 0 Å². The van der Waals surface area contributed by atoms with Gasteiger partial charge < -0.3 is 10.6 Å². The predicted molar refractivity (Wildman–Crippen MR) is 64.8 cm³/mol. The smallest absolute Gasteiger partial charge is 0.195 e. The van der Waals surface area contributed by atoms with E-state index in [2.05, 4.69) is 15.6 Å². The first-order chi connectivity index (χ1) is 7.59. The maximum atomic E-state index is 13.5. The molecule has 1 heterocycles. The number of benzene rings is 1. The standard InChI is InChI=1S/C11H13ClFN3/c1-6-7(2)10(13)8(12)5-9(6)16-11-14-3-4-15-11/h5H,3-4H2,1-2H3,(H2,14,15,16). The second-order valence-electron chi connectivity index (χ2n) is 3.75. The molecule has 5 heteroatoms. The summed E-state index contributed by atoms with van der Waals surface area (Å²) in [5.41, 5.74) is 2.20. The summed E-state index contributed by atoms with van der Waals surface area (Å²) < 4.78 is 13.5. The van der Waals surface area contributed by atoms with Gasteiger partial charge in [0.25, 0.3) is 0 Å². The lowest BCUT2D eigenvalue weighted by atomic mass is 10.1. The van der Waals surface area contributed by atoms with Crippen LogP contribution in [0.15, 0.2) is 11.1 Å². The lowest BCUT2D eigenvalue weighted by Crippen LogP contribution is -2.26. The van der Waals surface area contributed by atoms with Gasteiger partial charge in [0.15, 0.2) is 5.96 Å². The quantitative estimate of drug-likeness (QED) is 0.793. The van der Waals surface area contributed by atoms with Crippen LogP contribution in [0.4, 0.5) is 10.1 Å². The number of nitrogens with one attached hydrogen (secondary N) is 2. The lowest BCUT2D eigenvalue weighted by molar-refractivity contribution is 0.617. The van der Waals surface area contributed by atoms with E-state index >= 15 is 0 Å². The lowest BCUT2D eigenvalue weighted by Gasteiger charge is -2.13. The van der Waals surface area contributed by atoms with Gasteiger partial charge in [0.05, 0.1) is 11.6 Å². The maximum absolute atomic E-state index is 13.5. The zero-order chi connectivity index (χ0) is 11.7.